The zero-order valence-electron chi connectivity index (χ0n) is 11.4. The molecule has 0 radical (unpaired) electrons. The van der Waals surface area contributed by atoms with E-state index in [1.165, 1.54) is 0 Å². The molecule has 1 aliphatic rings. The monoisotopic (exact) mass is 255 g/mol. The van der Waals surface area contributed by atoms with E-state index in [2.05, 4.69) is 15.5 Å². The Bertz CT molecular complexity index is 405. The van der Waals surface area contributed by atoms with Crippen molar-refractivity contribution in [2.75, 3.05) is 20.2 Å². The number of aliphatic hydroxyl groups is 1. The summed E-state index contributed by atoms with van der Waals surface area (Å²) in [6, 6.07) is 0. The second-order valence-corrected chi connectivity index (χ2v) is 5.90. The zero-order valence-corrected chi connectivity index (χ0v) is 11.4. The third kappa shape index (κ3) is 2.41. The standard InChI is InChI=1S/C12H21N3O3/c1-11(2,3)8(17-4)9-14-10(18-15-9)12(16)5-6-13-7-12/h8,13,16H,5-7H2,1-4H3. The van der Waals surface area contributed by atoms with Crippen LogP contribution < -0.4 is 5.32 Å². The Balaban J connectivity index is 2.24. The Morgan fingerprint density at radius 1 is 1.50 bits per heavy atom. The Morgan fingerprint density at radius 2 is 2.22 bits per heavy atom. The number of aromatic nitrogens is 2. The van der Waals surface area contributed by atoms with Gasteiger partial charge in [0.25, 0.3) is 5.89 Å². The molecule has 6 heteroatoms. The van der Waals surface area contributed by atoms with E-state index in [9.17, 15) is 5.11 Å². The summed E-state index contributed by atoms with van der Waals surface area (Å²) in [5.74, 6) is 0.758. The molecule has 2 rings (SSSR count). The molecule has 102 valence electrons. The third-order valence-corrected chi connectivity index (χ3v) is 3.23. The maximum absolute atomic E-state index is 10.3. The quantitative estimate of drug-likeness (QED) is 0.838. The molecule has 0 amide bonds. The average molecular weight is 255 g/mol. The maximum atomic E-state index is 10.3. The molecule has 1 saturated heterocycles. The summed E-state index contributed by atoms with van der Waals surface area (Å²) in [6.07, 6.45) is 0.329. The van der Waals surface area contributed by atoms with Gasteiger partial charge in [-0.3, -0.25) is 0 Å². The Morgan fingerprint density at radius 3 is 2.72 bits per heavy atom. The predicted molar refractivity (Wildman–Crippen MR) is 64.9 cm³/mol. The lowest BCUT2D eigenvalue weighted by atomic mass is 9.88. The Hall–Kier alpha value is -0.980. The van der Waals surface area contributed by atoms with Crippen molar-refractivity contribution in [2.24, 2.45) is 5.41 Å². The summed E-state index contributed by atoms with van der Waals surface area (Å²) in [5, 5.41) is 17.4. The van der Waals surface area contributed by atoms with Gasteiger partial charge in [0, 0.05) is 13.7 Å². The molecule has 0 aliphatic carbocycles. The summed E-state index contributed by atoms with van der Waals surface area (Å²) in [7, 11) is 1.62. The lowest BCUT2D eigenvalue weighted by Gasteiger charge is -2.26. The van der Waals surface area contributed by atoms with Crippen molar-refractivity contribution in [3.05, 3.63) is 11.7 Å². The number of hydrogen-bond acceptors (Lipinski definition) is 6. The van der Waals surface area contributed by atoms with Crippen LogP contribution in [0.2, 0.25) is 0 Å². The minimum Gasteiger partial charge on any atom is -0.379 e. The molecule has 1 aromatic heterocycles. The van der Waals surface area contributed by atoms with E-state index in [4.69, 9.17) is 9.26 Å². The lowest BCUT2D eigenvalue weighted by Crippen LogP contribution is -2.29. The maximum Gasteiger partial charge on any atom is 0.260 e. The van der Waals surface area contributed by atoms with Crippen LogP contribution in [0.15, 0.2) is 4.52 Å². The van der Waals surface area contributed by atoms with Gasteiger partial charge in [0.2, 0.25) is 5.82 Å². The molecular weight excluding hydrogens is 234 g/mol. The normalized spacial score (nSPS) is 26.5. The van der Waals surface area contributed by atoms with E-state index >= 15 is 0 Å². The molecule has 6 nitrogen and oxygen atoms in total. The van der Waals surface area contributed by atoms with Gasteiger partial charge in [-0.2, -0.15) is 4.98 Å². The van der Waals surface area contributed by atoms with Gasteiger partial charge < -0.3 is 19.7 Å². The molecule has 2 atom stereocenters. The van der Waals surface area contributed by atoms with E-state index < -0.39 is 5.60 Å². The second-order valence-electron chi connectivity index (χ2n) is 5.90. The highest BCUT2D eigenvalue weighted by atomic mass is 16.5. The second kappa shape index (κ2) is 4.60. The molecular formula is C12H21N3O3. The van der Waals surface area contributed by atoms with Crippen LogP contribution in [-0.4, -0.2) is 35.4 Å². The van der Waals surface area contributed by atoms with Gasteiger partial charge in [0.15, 0.2) is 5.60 Å². The van der Waals surface area contributed by atoms with Gasteiger partial charge in [0.05, 0.1) is 0 Å². The van der Waals surface area contributed by atoms with Crippen molar-refractivity contribution in [2.45, 2.75) is 38.9 Å². The molecule has 0 bridgehead atoms. The summed E-state index contributed by atoms with van der Waals surface area (Å²) >= 11 is 0. The van der Waals surface area contributed by atoms with Crippen LogP contribution in [0.3, 0.4) is 0 Å². The average Bonchev–Trinajstić information content (AvgIpc) is 2.87. The predicted octanol–water partition coefficient (Wildman–Crippen LogP) is 0.984. The minimum atomic E-state index is -1.04. The molecule has 1 aromatic rings. The van der Waals surface area contributed by atoms with Crippen LogP contribution in [0.1, 0.15) is 45.0 Å². The first-order valence-corrected chi connectivity index (χ1v) is 6.17. The molecule has 2 N–H and O–H groups in total. The fraction of sp³-hybridized carbons (Fsp3) is 0.833. The first-order valence-electron chi connectivity index (χ1n) is 6.17. The molecule has 2 heterocycles. The molecule has 0 aromatic carbocycles. The van der Waals surface area contributed by atoms with E-state index in [1.54, 1.807) is 7.11 Å². The van der Waals surface area contributed by atoms with Gasteiger partial charge >= 0.3 is 0 Å². The lowest BCUT2D eigenvalue weighted by molar-refractivity contribution is 0.00715. The number of β-amino-alcohol motifs (C(OH)–C–C–N with tert-alkyl or cyclic N) is 1. The molecule has 1 fully saturated rings. The van der Waals surface area contributed by atoms with Crippen LogP contribution in [-0.2, 0) is 10.3 Å². The number of nitrogens with zero attached hydrogens (tertiary/aromatic N) is 2. The summed E-state index contributed by atoms with van der Waals surface area (Å²) < 4.78 is 10.6. The topological polar surface area (TPSA) is 80.4 Å². The van der Waals surface area contributed by atoms with Crippen molar-refractivity contribution >= 4 is 0 Å². The van der Waals surface area contributed by atoms with E-state index in [0.717, 1.165) is 6.54 Å². The van der Waals surface area contributed by atoms with Gasteiger partial charge in [-0.15, -0.1) is 0 Å². The number of methoxy groups -OCH3 is 1. The first-order chi connectivity index (χ1) is 8.37. The third-order valence-electron chi connectivity index (χ3n) is 3.23. The molecule has 2 unspecified atom stereocenters. The number of rotatable bonds is 3. The van der Waals surface area contributed by atoms with Gasteiger partial charge in [0.1, 0.15) is 6.10 Å². The van der Waals surface area contributed by atoms with Gasteiger partial charge in [-0.25, -0.2) is 0 Å². The van der Waals surface area contributed by atoms with Crippen LogP contribution in [0.4, 0.5) is 0 Å². The first kappa shape index (κ1) is 13.5. The van der Waals surface area contributed by atoms with Crippen molar-refractivity contribution < 1.29 is 14.4 Å². The van der Waals surface area contributed by atoms with Crippen molar-refractivity contribution in [3.8, 4) is 0 Å². The molecule has 1 aliphatic heterocycles. The summed E-state index contributed by atoms with van der Waals surface area (Å²) in [5.41, 5.74) is -1.17. The van der Waals surface area contributed by atoms with Gasteiger partial charge in [-0.05, 0) is 18.4 Å². The van der Waals surface area contributed by atoms with Crippen LogP contribution in [0, 0.1) is 5.41 Å². The van der Waals surface area contributed by atoms with Crippen molar-refractivity contribution in [1.82, 2.24) is 15.5 Å². The van der Waals surface area contributed by atoms with Crippen LogP contribution >= 0.6 is 0 Å². The van der Waals surface area contributed by atoms with Crippen LogP contribution in [0.25, 0.3) is 0 Å². The van der Waals surface area contributed by atoms with E-state index in [0.29, 0.717) is 18.8 Å². The van der Waals surface area contributed by atoms with Gasteiger partial charge in [-0.1, -0.05) is 25.9 Å². The van der Waals surface area contributed by atoms with Crippen molar-refractivity contribution in [3.63, 3.8) is 0 Å². The SMILES string of the molecule is COC(c1noc(C2(O)CCNC2)n1)C(C)(C)C. The zero-order chi connectivity index (χ0) is 13.4. The highest BCUT2D eigenvalue weighted by Gasteiger charge is 2.40. The minimum absolute atomic E-state index is 0.133. The largest absolute Gasteiger partial charge is 0.379 e. The highest BCUT2D eigenvalue weighted by molar-refractivity contribution is 5.05. The van der Waals surface area contributed by atoms with Crippen LogP contribution in [0.5, 0.6) is 0 Å². The molecule has 0 spiro atoms. The van der Waals surface area contributed by atoms with E-state index in [1.807, 2.05) is 20.8 Å². The fourth-order valence-corrected chi connectivity index (χ4v) is 2.24. The summed E-state index contributed by atoms with van der Waals surface area (Å²) in [4.78, 5) is 4.31. The summed E-state index contributed by atoms with van der Waals surface area (Å²) in [6.45, 7) is 7.33. The Labute approximate surface area is 107 Å². The van der Waals surface area contributed by atoms with E-state index in [-0.39, 0.29) is 17.4 Å². The fourth-order valence-electron chi connectivity index (χ4n) is 2.24. The number of ether oxygens (including phenoxy) is 1. The number of hydrogen-bond donors (Lipinski definition) is 2. The molecule has 18 heavy (non-hydrogen) atoms. The Kier molecular flexibility index (Phi) is 3.44. The smallest absolute Gasteiger partial charge is 0.260 e. The highest BCUT2D eigenvalue weighted by Crippen LogP contribution is 2.35. The number of nitrogens with one attached hydrogen (secondary N) is 1. The van der Waals surface area contributed by atoms with Crippen molar-refractivity contribution in [1.29, 1.82) is 0 Å². The molecule has 0 saturated carbocycles.